The summed E-state index contributed by atoms with van der Waals surface area (Å²) in [5, 5.41) is 0.689. The average molecular weight is 435 g/mol. The minimum atomic E-state index is -3.54. The van der Waals surface area contributed by atoms with Gasteiger partial charge in [0.2, 0.25) is 10.0 Å². The second-order valence-corrected chi connectivity index (χ2v) is 10.2. The number of anilines is 1. The maximum absolute atomic E-state index is 13.4. The smallest absolute Gasteiger partial charge is 0.243 e. The van der Waals surface area contributed by atoms with Crippen molar-refractivity contribution in [3.8, 4) is 0 Å². The number of nitrogens with zero attached hydrogens (tertiary/aromatic N) is 2. The van der Waals surface area contributed by atoms with Crippen molar-refractivity contribution in [2.24, 2.45) is 0 Å². The Morgan fingerprint density at radius 1 is 1.03 bits per heavy atom. The van der Waals surface area contributed by atoms with Crippen LogP contribution in [0.2, 0.25) is 5.02 Å². The van der Waals surface area contributed by atoms with Crippen molar-refractivity contribution in [1.82, 2.24) is 15.2 Å². The first-order chi connectivity index (χ1) is 13.8. The third-order valence-corrected chi connectivity index (χ3v) is 8.01. The Balaban J connectivity index is 1.52. The van der Waals surface area contributed by atoms with Crippen molar-refractivity contribution >= 4 is 27.3 Å². The Morgan fingerprint density at radius 2 is 1.79 bits per heavy atom. The first-order valence-corrected chi connectivity index (χ1v) is 11.8. The fourth-order valence-corrected chi connectivity index (χ4v) is 5.91. The van der Waals surface area contributed by atoms with E-state index in [0.29, 0.717) is 42.1 Å². The summed E-state index contributed by atoms with van der Waals surface area (Å²) in [6.07, 6.45) is 0.931. The minimum absolute atomic E-state index is 0.124. The number of benzene rings is 2. The van der Waals surface area contributed by atoms with E-state index in [9.17, 15) is 8.42 Å². The van der Waals surface area contributed by atoms with Crippen LogP contribution in [0, 0.1) is 6.92 Å². The van der Waals surface area contributed by atoms with Gasteiger partial charge in [-0.1, -0.05) is 29.8 Å². The van der Waals surface area contributed by atoms with E-state index < -0.39 is 10.0 Å². The lowest BCUT2D eigenvalue weighted by Gasteiger charge is -2.35. The zero-order chi connectivity index (χ0) is 20.6. The normalized spacial score (nSPS) is 23.5. The van der Waals surface area contributed by atoms with Crippen molar-refractivity contribution in [3.05, 3.63) is 58.6 Å². The molecule has 156 valence electrons. The lowest BCUT2D eigenvalue weighted by Crippen LogP contribution is -2.48. The molecule has 2 N–H and O–H groups in total. The summed E-state index contributed by atoms with van der Waals surface area (Å²) in [5.74, 6) is 0. The number of piperazine rings is 1. The largest absolute Gasteiger partial charge is 0.369 e. The molecule has 0 aromatic heterocycles. The van der Waals surface area contributed by atoms with Crippen LogP contribution in [-0.2, 0) is 10.0 Å². The van der Waals surface area contributed by atoms with E-state index in [0.717, 1.165) is 23.2 Å². The molecular weight excluding hydrogens is 408 g/mol. The van der Waals surface area contributed by atoms with Gasteiger partial charge in [-0.2, -0.15) is 4.31 Å². The molecule has 8 heteroatoms. The van der Waals surface area contributed by atoms with Crippen LogP contribution in [0.4, 0.5) is 5.69 Å². The summed E-state index contributed by atoms with van der Waals surface area (Å²) in [5.41, 5.74) is 9.27. The van der Waals surface area contributed by atoms with Gasteiger partial charge < -0.3 is 4.90 Å². The van der Waals surface area contributed by atoms with Crippen LogP contribution in [0.1, 0.15) is 30.5 Å². The highest BCUT2D eigenvalue weighted by molar-refractivity contribution is 7.89. The predicted molar refractivity (Wildman–Crippen MR) is 117 cm³/mol. The molecular formula is C21H27ClN4O2S. The van der Waals surface area contributed by atoms with Crippen LogP contribution in [0.5, 0.6) is 0 Å². The number of halogens is 1. The number of sulfonamides is 1. The monoisotopic (exact) mass is 434 g/mol. The van der Waals surface area contributed by atoms with Crippen molar-refractivity contribution in [2.45, 2.75) is 37.2 Å². The molecule has 0 bridgehead atoms. The van der Waals surface area contributed by atoms with Crippen LogP contribution < -0.4 is 15.8 Å². The SMILES string of the molecule is Cc1ccc(C2CC(C)NN2)cc1S(=O)(=O)N1CCN(c2cccc(Cl)c2)CC1. The molecule has 2 heterocycles. The number of rotatable bonds is 4. The fraction of sp³-hybridized carbons (Fsp3) is 0.429. The third-order valence-electron chi connectivity index (χ3n) is 5.74. The molecule has 0 radical (unpaired) electrons. The van der Waals surface area contributed by atoms with Crippen LogP contribution in [0.15, 0.2) is 47.4 Å². The quantitative estimate of drug-likeness (QED) is 0.774. The highest BCUT2D eigenvalue weighted by Gasteiger charge is 2.31. The fourth-order valence-electron chi connectivity index (χ4n) is 4.04. The molecule has 6 nitrogen and oxygen atoms in total. The second kappa shape index (κ2) is 8.24. The Kier molecular flexibility index (Phi) is 5.86. The van der Waals surface area contributed by atoms with Crippen LogP contribution in [0.25, 0.3) is 0 Å². The van der Waals surface area contributed by atoms with Crippen LogP contribution in [0.3, 0.4) is 0 Å². The number of hydrogen-bond acceptors (Lipinski definition) is 5. The van der Waals surface area contributed by atoms with Crippen molar-refractivity contribution in [1.29, 1.82) is 0 Å². The van der Waals surface area contributed by atoms with Gasteiger partial charge in [-0.05, 0) is 55.7 Å². The molecule has 2 aromatic rings. The van der Waals surface area contributed by atoms with Crippen molar-refractivity contribution < 1.29 is 8.42 Å². The summed E-state index contributed by atoms with van der Waals surface area (Å²) in [6.45, 7) is 6.17. The predicted octanol–water partition coefficient (Wildman–Crippen LogP) is 3.09. The lowest BCUT2D eigenvalue weighted by molar-refractivity contribution is 0.384. The highest BCUT2D eigenvalue weighted by atomic mass is 35.5. The van der Waals surface area contributed by atoms with Crippen LogP contribution in [-0.4, -0.2) is 44.9 Å². The molecule has 0 spiro atoms. The van der Waals surface area contributed by atoms with Gasteiger partial charge in [0.05, 0.1) is 4.90 Å². The van der Waals surface area contributed by atoms with Gasteiger partial charge in [0.25, 0.3) is 0 Å². The summed E-state index contributed by atoms with van der Waals surface area (Å²) in [7, 11) is -3.54. The van der Waals surface area contributed by atoms with E-state index in [4.69, 9.17) is 11.6 Å². The first-order valence-electron chi connectivity index (χ1n) is 9.97. The molecule has 0 saturated carbocycles. The van der Waals surface area contributed by atoms with E-state index in [1.165, 1.54) is 0 Å². The molecule has 2 aromatic carbocycles. The van der Waals surface area contributed by atoms with Crippen molar-refractivity contribution in [3.63, 3.8) is 0 Å². The van der Waals surface area contributed by atoms with Gasteiger partial charge in [0.15, 0.2) is 0 Å². The van der Waals surface area contributed by atoms with E-state index in [2.05, 4.69) is 22.7 Å². The minimum Gasteiger partial charge on any atom is -0.369 e. The summed E-state index contributed by atoms with van der Waals surface area (Å²) >= 11 is 6.10. The Bertz CT molecular complexity index is 990. The summed E-state index contributed by atoms with van der Waals surface area (Å²) in [4.78, 5) is 2.59. The molecule has 0 aliphatic carbocycles. The molecule has 0 amide bonds. The van der Waals surface area contributed by atoms with Gasteiger partial charge in [-0.3, -0.25) is 10.9 Å². The molecule has 29 heavy (non-hydrogen) atoms. The Hall–Kier alpha value is -1.64. The van der Waals surface area contributed by atoms with Gasteiger partial charge >= 0.3 is 0 Å². The Labute approximate surface area is 177 Å². The van der Waals surface area contributed by atoms with Crippen molar-refractivity contribution in [2.75, 3.05) is 31.1 Å². The third kappa shape index (κ3) is 4.29. The summed E-state index contributed by atoms with van der Waals surface area (Å²) < 4.78 is 28.4. The number of nitrogens with one attached hydrogen (secondary N) is 2. The number of hydrogen-bond donors (Lipinski definition) is 2. The standard InChI is InChI=1S/C21H27ClN4O2S/c1-15-6-7-17(20-12-16(2)23-24-20)13-21(15)29(27,28)26-10-8-25(9-11-26)19-5-3-4-18(22)14-19/h3-7,13-14,16,20,23-24H,8-12H2,1-2H3. The Morgan fingerprint density at radius 3 is 2.45 bits per heavy atom. The molecule has 2 saturated heterocycles. The molecule has 4 rings (SSSR count). The molecule has 2 fully saturated rings. The topological polar surface area (TPSA) is 64.7 Å². The first kappa shape index (κ1) is 20.6. The van der Waals surface area contributed by atoms with Gasteiger partial charge in [-0.25, -0.2) is 8.42 Å². The molecule has 2 unspecified atom stereocenters. The highest BCUT2D eigenvalue weighted by Crippen LogP contribution is 2.29. The molecule has 2 atom stereocenters. The maximum atomic E-state index is 13.4. The summed E-state index contributed by atoms with van der Waals surface area (Å²) in [6, 6.07) is 13.9. The number of hydrazine groups is 1. The van der Waals surface area contributed by atoms with E-state index in [1.807, 2.05) is 49.4 Å². The molecule has 2 aliphatic rings. The van der Waals surface area contributed by atoms with Gasteiger partial charge in [0, 0.05) is 49.0 Å². The second-order valence-electron chi connectivity index (χ2n) is 7.87. The lowest BCUT2D eigenvalue weighted by atomic mass is 10.0. The molecule has 2 aliphatic heterocycles. The average Bonchev–Trinajstić information content (AvgIpc) is 3.14. The number of aryl methyl sites for hydroxylation is 1. The van der Waals surface area contributed by atoms with Crippen LogP contribution >= 0.6 is 11.6 Å². The van der Waals surface area contributed by atoms with E-state index in [1.54, 1.807) is 4.31 Å². The zero-order valence-corrected chi connectivity index (χ0v) is 18.3. The van der Waals surface area contributed by atoms with E-state index in [-0.39, 0.29) is 6.04 Å². The van der Waals surface area contributed by atoms with Gasteiger partial charge in [-0.15, -0.1) is 0 Å². The van der Waals surface area contributed by atoms with Gasteiger partial charge in [0.1, 0.15) is 0 Å². The van der Waals surface area contributed by atoms with E-state index >= 15 is 0 Å². The zero-order valence-electron chi connectivity index (χ0n) is 16.7. The maximum Gasteiger partial charge on any atom is 0.243 e.